The molecule has 1 atom stereocenters. The minimum absolute atomic E-state index is 0.102. The number of benzene rings is 2. The van der Waals surface area contributed by atoms with Gasteiger partial charge in [-0.3, -0.25) is 19.7 Å². The van der Waals surface area contributed by atoms with E-state index in [1.807, 2.05) is 19.0 Å². The molecule has 1 aliphatic rings. The molecule has 1 fully saturated rings. The van der Waals surface area contributed by atoms with E-state index in [0.29, 0.717) is 36.4 Å². The Balaban J connectivity index is 2.07. The van der Waals surface area contributed by atoms with Gasteiger partial charge in [0.2, 0.25) is 0 Å². The maximum Gasteiger partial charge on any atom is 0.295 e. The zero-order chi connectivity index (χ0) is 24.8. The lowest BCUT2D eigenvalue weighted by molar-refractivity contribution is -0.384. The first kappa shape index (κ1) is 24.7. The lowest BCUT2D eigenvalue weighted by Crippen LogP contribution is -2.32. The van der Waals surface area contributed by atoms with Crippen molar-refractivity contribution in [1.82, 2.24) is 9.80 Å². The van der Waals surface area contributed by atoms with Gasteiger partial charge in [0.1, 0.15) is 18.1 Å². The second kappa shape index (κ2) is 10.8. The Morgan fingerprint density at radius 1 is 1.24 bits per heavy atom. The van der Waals surface area contributed by atoms with Crippen LogP contribution in [0.15, 0.2) is 66.8 Å². The standard InChI is InChI=1S/C25H27N3O6/c1-4-15-34-20-11-9-17(10-12-20)23(29)21-22(18-7-5-8-19(16-18)28(32)33)27(25(31)24(21)30)14-6-13-26(2)3/h4-5,7-12,16,22,29H,1,6,13-15H2,2-3H3/t22-/m0/s1. The van der Waals surface area contributed by atoms with Crippen molar-refractivity contribution < 1.29 is 24.4 Å². The predicted molar refractivity (Wildman–Crippen MR) is 127 cm³/mol. The van der Waals surface area contributed by atoms with Crippen LogP contribution >= 0.6 is 0 Å². The van der Waals surface area contributed by atoms with Crippen LogP contribution in [0.3, 0.4) is 0 Å². The molecule has 0 aliphatic carbocycles. The van der Waals surface area contributed by atoms with Gasteiger partial charge in [0.25, 0.3) is 17.4 Å². The number of carbonyl (C=O) groups excluding carboxylic acids is 2. The summed E-state index contributed by atoms with van der Waals surface area (Å²) in [4.78, 5) is 40.1. The molecule has 1 aliphatic heterocycles. The number of nitrogens with zero attached hydrogens (tertiary/aromatic N) is 3. The molecule has 1 amide bonds. The normalized spacial score (nSPS) is 17.3. The third-order valence-corrected chi connectivity index (χ3v) is 5.44. The number of nitro groups is 1. The fourth-order valence-electron chi connectivity index (χ4n) is 3.84. The number of carbonyl (C=O) groups is 2. The van der Waals surface area contributed by atoms with Crippen molar-refractivity contribution in [2.75, 3.05) is 33.8 Å². The van der Waals surface area contributed by atoms with Gasteiger partial charge < -0.3 is 19.6 Å². The average Bonchev–Trinajstić information content (AvgIpc) is 3.07. The molecule has 0 radical (unpaired) electrons. The topological polar surface area (TPSA) is 113 Å². The highest BCUT2D eigenvalue weighted by Gasteiger charge is 2.46. The quantitative estimate of drug-likeness (QED) is 0.143. The highest BCUT2D eigenvalue weighted by Crippen LogP contribution is 2.40. The Kier molecular flexibility index (Phi) is 7.80. The molecule has 2 aromatic carbocycles. The van der Waals surface area contributed by atoms with E-state index in [9.17, 15) is 24.8 Å². The lowest BCUT2D eigenvalue weighted by Gasteiger charge is -2.25. The van der Waals surface area contributed by atoms with Gasteiger partial charge in [-0.2, -0.15) is 0 Å². The number of likely N-dealkylation sites (tertiary alicyclic amines) is 1. The number of Topliss-reactive ketones (excluding diaryl/α,β-unsaturated/α-hetero) is 1. The first-order valence-corrected chi connectivity index (χ1v) is 10.8. The van der Waals surface area contributed by atoms with Crippen LogP contribution in [0.25, 0.3) is 5.76 Å². The van der Waals surface area contributed by atoms with E-state index in [4.69, 9.17) is 4.74 Å². The van der Waals surface area contributed by atoms with Crippen molar-refractivity contribution in [3.63, 3.8) is 0 Å². The monoisotopic (exact) mass is 465 g/mol. The SMILES string of the molecule is C=CCOc1ccc(C(O)=C2C(=O)C(=O)N(CCCN(C)C)[C@H]2c2cccc([N+](=O)[O-])c2)cc1. The number of non-ortho nitro benzene ring substituents is 1. The molecule has 3 rings (SSSR count). The molecule has 178 valence electrons. The first-order valence-electron chi connectivity index (χ1n) is 10.8. The molecule has 0 aromatic heterocycles. The van der Waals surface area contributed by atoms with Crippen LogP contribution < -0.4 is 4.74 Å². The van der Waals surface area contributed by atoms with Gasteiger partial charge in [-0.25, -0.2) is 0 Å². The van der Waals surface area contributed by atoms with Gasteiger partial charge in [-0.05, 0) is 56.9 Å². The maximum absolute atomic E-state index is 13.0. The molecule has 2 aromatic rings. The summed E-state index contributed by atoms with van der Waals surface area (Å²) in [5.74, 6) is -1.37. The molecule has 9 nitrogen and oxygen atoms in total. The van der Waals surface area contributed by atoms with E-state index < -0.39 is 22.7 Å². The van der Waals surface area contributed by atoms with Crippen LogP contribution in [-0.4, -0.2) is 65.3 Å². The highest BCUT2D eigenvalue weighted by atomic mass is 16.6. The lowest BCUT2D eigenvalue weighted by atomic mass is 9.95. The summed E-state index contributed by atoms with van der Waals surface area (Å²) in [6.07, 6.45) is 2.19. The van der Waals surface area contributed by atoms with E-state index in [1.54, 1.807) is 36.4 Å². The molecule has 1 saturated heterocycles. The maximum atomic E-state index is 13.0. The molecule has 0 bridgehead atoms. The van der Waals surface area contributed by atoms with Gasteiger partial charge in [-0.1, -0.05) is 24.8 Å². The second-order valence-corrected chi connectivity index (χ2v) is 8.13. The molecule has 1 heterocycles. The Labute approximate surface area is 197 Å². The van der Waals surface area contributed by atoms with Crippen LogP contribution in [0.5, 0.6) is 5.75 Å². The summed E-state index contributed by atoms with van der Waals surface area (Å²) in [7, 11) is 3.79. The Bertz CT molecular complexity index is 1120. The molecule has 1 N–H and O–H groups in total. The van der Waals surface area contributed by atoms with Crippen LogP contribution in [-0.2, 0) is 9.59 Å². The number of ketones is 1. The Morgan fingerprint density at radius 3 is 2.56 bits per heavy atom. The van der Waals surface area contributed by atoms with E-state index in [1.165, 1.54) is 23.1 Å². The fraction of sp³-hybridized carbons (Fsp3) is 0.280. The molecule has 0 unspecified atom stereocenters. The Hall–Kier alpha value is -3.98. The van der Waals surface area contributed by atoms with E-state index in [0.717, 1.165) is 0 Å². The number of hydrogen-bond acceptors (Lipinski definition) is 7. The third kappa shape index (κ3) is 5.32. The van der Waals surface area contributed by atoms with Gasteiger partial charge in [0.05, 0.1) is 16.5 Å². The van der Waals surface area contributed by atoms with Crippen LogP contribution in [0, 0.1) is 10.1 Å². The minimum atomic E-state index is -0.946. The smallest absolute Gasteiger partial charge is 0.295 e. The predicted octanol–water partition coefficient (Wildman–Crippen LogP) is 3.53. The zero-order valence-electron chi connectivity index (χ0n) is 19.1. The van der Waals surface area contributed by atoms with E-state index in [-0.39, 0.29) is 23.6 Å². The van der Waals surface area contributed by atoms with Crippen molar-refractivity contribution in [3.8, 4) is 5.75 Å². The molecular formula is C25H27N3O6. The Morgan fingerprint density at radius 2 is 1.94 bits per heavy atom. The van der Waals surface area contributed by atoms with Gasteiger partial charge in [0.15, 0.2) is 0 Å². The zero-order valence-corrected chi connectivity index (χ0v) is 19.1. The van der Waals surface area contributed by atoms with Crippen molar-refractivity contribution in [2.24, 2.45) is 0 Å². The number of hydrogen-bond donors (Lipinski definition) is 1. The fourth-order valence-corrected chi connectivity index (χ4v) is 3.84. The van der Waals surface area contributed by atoms with Gasteiger partial charge in [0, 0.05) is 24.2 Å². The number of aliphatic hydroxyl groups is 1. The van der Waals surface area contributed by atoms with Crippen LogP contribution in [0.4, 0.5) is 5.69 Å². The van der Waals surface area contributed by atoms with Crippen molar-refractivity contribution in [2.45, 2.75) is 12.5 Å². The number of nitro benzene ring substituents is 1. The minimum Gasteiger partial charge on any atom is -0.507 e. The molecular weight excluding hydrogens is 438 g/mol. The van der Waals surface area contributed by atoms with Crippen molar-refractivity contribution in [3.05, 3.63) is 88.0 Å². The summed E-state index contributed by atoms with van der Waals surface area (Å²) in [5.41, 5.74) is 0.439. The summed E-state index contributed by atoms with van der Waals surface area (Å²) >= 11 is 0. The third-order valence-electron chi connectivity index (χ3n) is 5.44. The van der Waals surface area contributed by atoms with Crippen LogP contribution in [0.2, 0.25) is 0 Å². The van der Waals surface area contributed by atoms with E-state index >= 15 is 0 Å². The van der Waals surface area contributed by atoms with Crippen molar-refractivity contribution in [1.29, 1.82) is 0 Å². The first-order chi connectivity index (χ1) is 16.2. The summed E-state index contributed by atoms with van der Waals surface area (Å²) in [5, 5.41) is 22.4. The van der Waals surface area contributed by atoms with Gasteiger partial charge >= 0.3 is 0 Å². The summed E-state index contributed by atoms with van der Waals surface area (Å²) in [6, 6.07) is 11.3. The molecule has 0 spiro atoms. The second-order valence-electron chi connectivity index (χ2n) is 8.13. The largest absolute Gasteiger partial charge is 0.507 e. The highest BCUT2D eigenvalue weighted by molar-refractivity contribution is 6.46. The number of rotatable bonds is 10. The van der Waals surface area contributed by atoms with Crippen LogP contribution in [0.1, 0.15) is 23.6 Å². The number of aliphatic hydroxyl groups excluding tert-OH is 1. The van der Waals surface area contributed by atoms with Gasteiger partial charge in [-0.15, -0.1) is 0 Å². The molecule has 34 heavy (non-hydrogen) atoms. The van der Waals surface area contributed by atoms with E-state index in [2.05, 4.69) is 6.58 Å². The summed E-state index contributed by atoms with van der Waals surface area (Å²) < 4.78 is 5.45. The summed E-state index contributed by atoms with van der Waals surface area (Å²) in [6.45, 7) is 4.83. The molecule has 0 saturated carbocycles. The average molecular weight is 466 g/mol. The molecule has 9 heteroatoms. The number of amides is 1. The number of ether oxygens (including phenoxy) is 1. The van der Waals surface area contributed by atoms with Crippen molar-refractivity contribution >= 4 is 23.1 Å².